The fourth-order valence-corrected chi connectivity index (χ4v) is 4.26. The minimum Gasteiger partial charge on any atom is -0.490 e. The second kappa shape index (κ2) is 12.5. The van der Waals surface area contributed by atoms with Gasteiger partial charge >= 0.3 is 0 Å². The molecule has 194 valence electrons. The maximum atomic E-state index is 14.0. The lowest BCUT2D eigenvalue weighted by Gasteiger charge is -2.27. The van der Waals surface area contributed by atoms with Crippen molar-refractivity contribution in [2.75, 3.05) is 6.61 Å². The van der Waals surface area contributed by atoms with Crippen molar-refractivity contribution in [3.8, 4) is 11.5 Å². The molecule has 2 N–H and O–H groups in total. The van der Waals surface area contributed by atoms with Crippen molar-refractivity contribution in [3.05, 3.63) is 130 Å². The number of halogens is 2. The summed E-state index contributed by atoms with van der Waals surface area (Å²) < 4.78 is 26.2. The maximum Gasteiger partial charge on any atom is 0.281 e. The summed E-state index contributed by atoms with van der Waals surface area (Å²) in [5, 5.41) is 15.6. The molecule has 0 aliphatic carbocycles. The zero-order chi connectivity index (χ0) is 27.0. The molecule has 0 saturated carbocycles. The number of amides is 1. The molecule has 0 aliphatic rings. The number of carbonyl (C=O) groups excluding carboxylic acids is 1. The molecule has 0 saturated heterocycles. The summed E-state index contributed by atoms with van der Waals surface area (Å²) in [6.45, 7) is 2.25. The Labute approximate surface area is 228 Å². The van der Waals surface area contributed by atoms with E-state index >= 15 is 0 Å². The number of rotatable bonds is 10. The van der Waals surface area contributed by atoms with Crippen LogP contribution in [0.5, 0.6) is 11.5 Å². The third-order valence-electron chi connectivity index (χ3n) is 5.79. The predicted molar refractivity (Wildman–Crippen MR) is 148 cm³/mol. The molecular weight excluding hydrogens is 551 g/mol. The molecule has 38 heavy (non-hydrogen) atoms. The van der Waals surface area contributed by atoms with Crippen molar-refractivity contribution in [1.29, 1.82) is 0 Å². The summed E-state index contributed by atoms with van der Waals surface area (Å²) in [7, 11) is 0. The fraction of sp³-hybridized carbons (Fsp3) is 0.133. The van der Waals surface area contributed by atoms with E-state index in [4.69, 9.17) is 9.47 Å². The van der Waals surface area contributed by atoms with Crippen LogP contribution in [0.3, 0.4) is 0 Å². The van der Waals surface area contributed by atoms with E-state index in [0.717, 1.165) is 0 Å². The fourth-order valence-electron chi connectivity index (χ4n) is 3.83. The van der Waals surface area contributed by atoms with Gasteiger partial charge in [-0.3, -0.25) is 4.79 Å². The highest BCUT2D eigenvalue weighted by Gasteiger charge is 2.39. The standard InChI is InChI=1S/C30H26BrFN2O4/c1-2-37-27-17-22(25(31)18-28(27)38-20-21-11-9-10-16-26(21)32)19-33-34-29(35)30(36,23-12-5-3-6-13-23)24-14-7-4-8-15-24/h3-19,36H,2,20H2,1H3,(H,34,35)/b33-19-. The van der Waals surface area contributed by atoms with Crippen molar-refractivity contribution in [1.82, 2.24) is 5.43 Å². The molecule has 0 bridgehead atoms. The van der Waals surface area contributed by atoms with Crippen molar-refractivity contribution in [2.45, 2.75) is 19.1 Å². The number of hydrogen-bond acceptors (Lipinski definition) is 5. The van der Waals surface area contributed by atoms with E-state index in [2.05, 4.69) is 26.5 Å². The van der Waals surface area contributed by atoms with Gasteiger partial charge in [0.05, 0.1) is 12.8 Å². The third-order valence-corrected chi connectivity index (χ3v) is 6.47. The Hall–Kier alpha value is -4.01. The molecule has 0 aromatic heterocycles. The van der Waals surface area contributed by atoms with E-state index in [1.807, 2.05) is 19.1 Å². The number of nitrogens with zero attached hydrogens (tertiary/aromatic N) is 1. The highest BCUT2D eigenvalue weighted by atomic mass is 79.9. The van der Waals surface area contributed by atoms with Crippen LogP contribution in [0, 0.1) is 5.82 Å². The number of hydrazone groups is 1. The van der Waals surface area contributed by atoms with Crippen LogP contribution in [-0.4, -0.2) is 23.8 Å². The van der Waals surface area contributed by atoms with Gasteiger partial charge in [0.15, 0.2) is 17.1 Å². The molecular formula is C30H26BrFN2O4. The molecule has 6 nitrogen and oxygen atoms in total. The van der Waals surface area contributed by atoms with E-state index in [1.165, 1.54) is 12.3 Å². The van der Waals surface area contributed by atoms with Crippen LogP contribution in [0.2, 0.25) is 0 Å². The lowest BCUT2D eigenvalue weighted by atomic mass is 9.85. The number of hydrogen-bond donors (Lipinski definition) is 2. The van der Waals surface area contributed by atoms with Crippen molar-refractivity contribution in [3.63, 3.8) is 0 Å². The van der Waals surface area contributed by atoms with Gasteiger partial charge < -0.3 is 14.6 Å². The Morgan fingerprint density at radius 2 is 1.53 bits per heavy atom. The first-order valence-corrected chi connectivity index (χ1v) is 12.7. The molecule has 0 atom stereocenters. The summed E-state index contributed by atoms with van der Waals surface area (Å²) in [4.78, 5) is 13.3. The number of benzene rings is 4. The van der Waals surface area contributed by atoms with E-state index in [9.17, 15) is 14.3 Å². The smallest absolute Gasteiger partial charge is 0.281 e. The molecule has 0 heterocycles. The van der Waals surface area contributed by atoms with Crippen LogP contribution in [0.15, 0.2) is 107 Å². The Morgan fingerprint density at radius 3 is 2.13 bits per heavy atom. The third kappa shape index (κ3) is 6.10. The van der Waals surface area contributed by atoms with E-state index in [1.54, 1.807) is 78.9 Å². The van der Waals surface area contributed by atoms with Crippen LogP contribution >= 0.6 is 15.9 Å². The van der Waals surface area contributed by atoms with Gasteiger partial charge in [0.2, 0.25) is 0 Å². The molecule has 0 unspecified atom stereocenters. The van der Waals surface area contributed by atoms with E-state index < -0.39 is 11.5 Å². The molecule has 4 rings (SSSR count). The number of ether oxygens (including phenoxy) is 2. The minimum absolute atomic E-state index is 0.0280. The minimum atomic E-state index is -1.95. The van der Waals surface area contributed by atoms with Crippen LogP contribution in [0.4, 0.5) is 4.39 Å². The summed E-state index contributed by atoms with van der Waals surface area (Å²) in [5.74, 6) is -0.206. The van der Waals surface area contributed by atoms with E-state index in [-0.39, 0.29) is 12.4 Å². The van der Waals surface area contributed by atoms with Gasteiger partial charge in [-0.05, 0) is 52.2 Å². The van der Waals surface area contributed by atoms with Gasteiger partial charge in [0, 0.05) is 15.6 Å². The van der Waals surface area contributed by atoms with Gasteiger partial charge in [-0.15, -0.1) is 0 Å². The highest BCUT2D eigenvalue weighted by Crippen LogP contribution is 2.34. The zero-order valence-electron chi connectivity index (χ0n) is 20.6. The molecule has 0 spiro atoms. The summed E-state index contributed by atoms with van der Waals surface area (Å²) in [6, 6.07) is 27.1. The van der Waals surface area contributed by atoms with Crippen LogP contribution in [0.25, 0.3) is 0 Å². The average molecular weight is 577 g/mol. The Bertz CT molecular complexity index is 1380. The quantitative estimate of drug-likeness (QED) is 0.180. The summed E-state index contributed by atoms with van der Waals surface area (Å²) in [5.41, 5.74) is 2.35. The first-order chi connectivity index (χ1) is 18.4. The highest BCUT2D eigenvalue weighted by molar-refractivity contribution is 9.10. The number of carbonyl (C=O) groups is 1. The maximum absolute atomic E-state index is 14.0. The van der Waals surface area contributed by atoms with Gasteiger partial charge in [-0.1, -0.05) is 78.9 Å². The molecule has 8 heteroatoms. The van der Waals surface area contributed by atoms with Gasteiger partial charge in [0.1, 0.15) is 12.4 Å². The Kier molecular flexibility index (Phi) is 8.89. The Balaban J connectivity index is 1.55. The monoisotopic (exact) mass is 576 g/mol. The summed E-state index contributed by atoms with van der Waals surface area (Å²) in [6.07, 6.45) is 1.43. The largest absolute Gasteiger partial charge is 0.490 e. The molecule has 4 aromatic rings. The molecule has 1 amide bonds. The van der Waals surface area contributed by atoms with Crippen molar-refractivity contribution < 1.29 is 23.8 Å². The molecule has 0 aliphatic heterocycles. The lowest BCUT2D eigenvalue weighted by Crippen LogP contribution is -2.43. The van der Waals surface area contributed by atoms with Gasteiger partial charge in [-0.2, -0.15) is 5.10 Å². The normalized spacial score (nSPS) is 11.4. The average Bonchev–Trinajstić information content (AvgIpc) is 2.95. The van der Waals surface area contributed by atoms with Gasteiger partial charge in [0.25, 0.3) is 5.91 Å². The molecule has 0 radical (unpaired) electrons. The molecule has 0 fully saturated rings. The van der Waals surface area contributed by atoms with Crippen molar-refractivity contribution >= 4 is 28.1 Å². The summed E-state index contributed by atoms with van der Waals surface area (Å²) >= 11 is 3.49. The first-order valence-electron chi connectivity index (χ1n) is 11.9. The van der Waals surface area contributed by atoms with Crippen LogP contribution in [-0.2, 0) is 17.0 Å². The number of aliphatic hydroxyl groups is 1. The van der Waals surface area contributed by atoms with Crippen LogP contribution < -0.4 is 14.9 Å². The zero-order valence-corrected chi connectivity index (χ0v) is 22.2. The number of nitrogens with one attached hydrogen (secondary N) is 1. The SMILES string of the molecule is CCOc1cc(/C=N\NC(=O)C(O)(c2ccccc2)c2ccccc2)c(Br)cc1OCc1ccccc1F. The second-order valence-corrected chi connectivity index (χ2v) is 9.13. The topological polar surface area (TPSA) is 80.2 Å². The van der Waals surface area contributed by atoms with Gasteiger partial charge in [-0.25, -0.2) is 9.82 Å². The first kappa shape index (κ1) is 27.0. The van der Waals surface area contributed by atoms with Crippen molar-refractivity contribution in [2.24, 2.45) is 5.10 Å². The predicted octanol–water partition coefficient (Wildman–Crippen LogP) is 5.95. The Morgan fingerprint density at radius 1 is 0.947 bits per heavy atom. The van der Waals surface area contributed by atoms with Crippen LogP contribution in [0.1, 0.15) is 29.2 Å². The second-order valence-electron chi connectivity index (χ2n) is 8.28. The lowest BCUT2D eigenvalue weighted by molar-refractivity contribution is -0.136. The molecule has 4 aromatic carbocycles. The van der Waals surface area contributed by atoms with E-state index in [0.29, 0.717) is 44.8 Å².